The number of amides is 1. The van der Waals surface area contributed by atoms with Crippen molar-refractivity contribution in [3.8, 4) is 5.75 Å². The first-order valence-corrected chi connectivity index (χ1v) is 7.13. The second-order valence-corrected chi connectivity index (χ2v) is 5.43. The number of hydrogen-bond acceptors (Lipinski definition) is 3. The van der Waals surface area contributed by atoms with E-state index in [1.807, 2.05) is 0 Å². The molecule has 0 bridgehead atoms. The number of carbonyl (C=O) groups is 2. The van der Waals surface area contributed by atoms with Gasteiger partial charge in [-0.3, -0.25) is 9.59 Å². The third-order valence-corrected chi connectivity index (χ3v) is 3.63. The van der Waals surface area contributed by atoms with Crippen LogP contribution in [0.4, 0.5) is 0 Å². The van der Waals surface area contributed by atoms with Gasteiger partial charge in [0, 0.05) is 18.1 Å². The third kappa shape index (κ3) is 3.31. The standard InChI is InChI=1S/C15H18ClNO3/c1-10(18)13-9-12(16)5-6-14(13)20-11(2)15(19)17-7-3-4-8-17/h5-6,9,11H,3-4,7-8H2,1-2H3. The molecule has 1 unspecified atom stereocenters. The maximum absolute atomic E-state index is 12.2. The molecule has 0 radical (unpaired) electrons. The molecule has 108 valence electrons. The lowest BCUT2D eigenvalue weighted by molar-refractivity contribution is -0.136. The second kappa shape index (κ2) is 6.27. The minimum absolute atomic E-state index is 0.0352. The highest BCUT2D eigenvalue weighted by molar-refractivity contribution is 6.31. The first-order valence-electron chi connectivity index (χ1n) is 6.75. The molecule has 1 amide bonds. The van der Waals surface area contributed by atoms with Crippen molar-refractivity contribution in [3.63, 3.8) is 0 Å². The van der Waals surface area contributed by atoms with E-state index < -0.39 is 6.10 Å². The Labute approximate surface area is 123 Å². The Morgan fingerprint density at radius 2 is 1.95 bits per heavy atom. The van der Waals surface area contributed by atoms with E-state index in [1.165, 1.54) is 6.92 Å². The van der Waals surface area contributed by atoms with Crippen LogP contribution in [0.3, 0.4) is 0 Å². The molecule has 0 N–H and O–H groups in total. The molecule has 1 aromatic rings. The van der Waals surface area contributed by atoms with Crippen molar-refractivity contribution in [2.45, 2.75) is 32.8 Å². The molecule has 1 aromatic carbocycles. The molecule has 5 heteroatoms. The van der Waals surface area contributed by atoms with Crippen LogP contribution in [0.5, 0.6) is 5.75 Å². The van der Waals surface area contributed by atoms with Crippen LogP contribution < -0.4 is 4.74 Å². The van der Waals surface area contributed by atoms with Gasteiger partial charge in [0.15, 0.2) is 11.9 Å². The van der Waals surface area contributed by atoms with Crippen LogP contribution in [0.1, 0.15) is 37.0 Å². The number of ketones is 1. The molecular weight excluding hydrogens is 278 g/mol. The summed E-state index contributed by atoms with van der Waals surface area (Å²) in [7, 11) is 0. The first kappa shape index (κ1) is 14.9. The topological polar surface area (TPSA) is 46.6 Å². The van der Waals surface area contributed by atoms with Gasteiger partial charge >= 0.3 is 0 Å². The Morgan fingerprint density at radius 1 is 1.30 bits per heavy atom. The molecule has 20 heavy (non-hydrogen) atoms. The number of hydrogen-bond donors (Lipinski definition) is 0. The van der Waals surface area contributed by atoms with Crippen molar-refractivity contribution in [1.82, 2.24) is 4.90 Å². The van der Waals surface area contributed by atoms with E-state index in [2.05, 4.69) is 0 Å². The van der Waals surface area contributed by atoms with Gasteiger partial charge in [-0.15, -0.1) is 0 Å². The molecule has 2 rings (SSSR count). The minimum atomic E-state index is -0.604. The average molecular weight is 296 g/mol. The van der Waals surface area contributed by atoms with Gasteiger partial charge in [-0.25, -0.2) is 0 Å². The molecule has 1 aliphatic rings. The molecule has 0 aliphatic carbocycles. The zero-order valence-corrected chi connectivity index (χ0v) is 12.4. The summed E-state index contributed by atoms with van der Waals surface area (Å²) in [6.45, 7) is 4.73. The average Bonchev–Trinajstić information content (AvgIpc) is 2.93. The molecule has 1 aliphatic heterocycles. The van der Waals surface area contributed by atoms with E-state index in [4.69, 9.17) is 16.3 Å². The molecule has 1 fully saturated rings. The van der Waals surface area contributed by atoms with E-state index >= 15 is 0 Å². The summed E-state index contributed by atoms with van der Waals surface area (Å²) in [6, 6.07) is 4.84. The normalized spacial score (nSPS) is 16.1. The number of rotatable bonds is 4. The van der Waals surface area contributed by atoms with E-state index in [1.54, 1.807) is 30.0 Å². The van der Waals surface area contributed by atoms with Crippen LogP contribution in [-0.2, 0) is 4.79 Å². The van der Waals surface area contributed by atoms with Gasteiger partial charge in [0.05, 0.1) is 5.56 Å². The molecule has 0 saturated carbocycles. The number of halogens is 1. The van der Waals surface area contributed by atoms with E-state index in [0.717, 1.165) is 25.9 Å². The van der Waals surface area contributed by atoms with Crippen LogP contribution in [-0.4, -0.2) is 35.8 Å². The van der Waals surface area contributed by atoms with Gasteiger partial charge in [0.2, 0.25) is 0 Å². The SMILES string of the molecule is CC(=O)c1cc(Cl)ccc1OC(C)C(=O)N1CCCC1. The summed E-state index contributed by atoms with van der Waals surface area (Å²) in [5.74, 6) is 0.234. The summed E-state index contributed by atoms with van der Waals surface area (Å²) in [5.41, 5.74) is 0.401. The quantitative estimate of drug-likeness (QED) is 0.802. The smallest absolute Gasteiger partial charge is 0.263 e. The number of likely N-dealkylation sites (tertiary alicyclic amines) is 1. The van der Waals surface area contributed by atoms with E-state index in [9.17, 15) is 9.59 Å². The molecular formula is C15H18ClNO3. The largest absolute Gasteiger partial charge is 0.480 e. The Balaban J connectivity index is 2.12. The lowest BCUT2D eigenvalue weighted by atomic mass is 10.1. The first-order chi connectivity index (χ1) is 9.49. The summed E-state index contributed by atoms with van der Waals surface area (Å²) >= 11 is 5.88. The van der Waals surface area contributed by atoms with Crippen molar-refractivity contribution in [1.29, 1.82) is 0 Å². The molecule has 1 saturated heterocycles. The fourth-order valence-electron chi connectivity index (χ4n) is 2.32. The van der Waals surface area contributed by atoms with Crippen molar-refractivity contribution in [2.24, 2.45) is 0 Å². The van der Waals surface area contributed by atoms with Crippen molar-refractivity contribution >= 4 is 23.3 Å². The van der Waals surface area contributed by atoms with Crippen molar-refractivity contribution in [2.75, 3.05) is 13.1 Å². The summed E-state index contributed by atoms with van der Waals surface area (Å²) in [4.78, 5) is 25.6. The summed E-state index contributed by atoms with van der Waals surface area (Å²) < 4.78 is 5.67. The van der Waals surface area contributed by atoms with Gasteiger partial charge in [-0.1, -0.05) is 11.6 Å². The Kier molecular flexibility index (Phi) is 4.65. The lowest BCUT2D eigenvalue weighted by Gasteiger charge is -2.22. The predicted octanol–water partition coefficient (Wildman–Crippen LogP) is 2.93. The Bertz CT molecular complexity index is 524. The number of benzene rings is 1. The summed E-state index contributed by atoms with van der Waals surface area (Å²) in [5, 5.41) is 0.473. The van der Waals surface area contributed by atoms with Gasteiger partial charge in [-0.05, 0) is 44.9 Å². The second-order valence-electron chi connectivity index (χ2n) is 4.99. The van der Waals surface area contributed by atoms with Gasteiger partial charge < -0.3 is 9.64 Å². The lowest BCUT2D eigenvalue weighted by Crippen LogP contribution is -2.38. The number of nitrogens with zero attached hydrogens (tertiary/aromatic N) is 1. The highest BCUT2D eigenvalue weighted by Gasteiger charge is 2.25. The number of carbonyl (C=O) groups excluding carboxylic acids is 2. The monoisotopic (exact) mass is 295 g/mol. The van der Waals surface area contributed by atoms with Gasteiger partial charge in [0.1, 0.15) is 5.75 Å². The molecule has 4 nitrogen and oxygen atoms in total. The fourth-order valence-corrected chi connectivity index (χ4v) is 2.49. The maximum Gasteiger partial charge on any atom is 0.263 e. The maximum atomic E-state index is 12.2. The molecule has 1 heterocycles. The fraction of sp³-hybridized carbons (Fsp3) is 0.467. The number of Topliss-reactive ketones (excluding diaryl/α,β-unsaturated/α-hetero) is 1. The van der Waals surface area contributed by atoms with Crippen molar-refractivity contribution < 1.29 is 14.3 Å². The van der Waals surface area contributed by atoms with Crippen LogP contribution >= 0.6 is 11.6 Å². The molecule has 0 spiro atoms. The zero-order valence-electron chi connectivity index (χ0n) is 11.7. The minimum Gasteiger partial charge on any atom is -0.480 e. The van der Waals surface area contributed by atoms with E-state index in [0.29, 0.717) is 16.3 Å². The zero-order chi connectivity index (χ0) is 14.7. The van der Waals surface area contributed by atoms with Crippen LogP contribution in [0.15, 0.2) is 18.2 Å². The van der Waals surface area contributed by atoms with Crippen LogP contribution in [0, 0.1) is 0 Å². The Hall–Kier alpha value is -1.55. The molecule has 0 aromatic heterocycles. The van der Waals surface area contributed by atoms with Crippen molar-refractivity contribution in [3.05, 3.63) is 28.8 Å². The van der Waals surface area contributed by atoms with Crippen LogP contribution in [0.2, 0.25) is 5.02 Å². The highest BCUT2D eigenvalue weighted by Crippen LogP contribution is 2.25. The Morgan fingerprint density at radius 3 is 2.55 bits per heavy atom. The number of ether oxygens (including phenoxy) is 1. The molecule has 1 atom stereocenters. The van der Waals surface area contributed by atoms with E-state index in [-0.39, 0.29) is 11.7 Å². The third-order valence-electron chi connectivity index (χ3n) is 3.39. The van der Waals surface area contributed by atoms with Crippen LogP contribution in [0.25, 0.3) is 0 Å². The predicted molar refractivity (Wildman–Crippen MR) is 77.4 cm³/mol. The van der Waals surface area contributed by atoms with Gasteiger partial charge in [0.25, 0.3) is 5.91 Å². The summed E-state index contributed by atoms with van der Waals surface area (Å²) in [6.07, 6.45) is 1.48. The highest BCUT2D eigenvalue weighted by atomic mass is 35.5. The van der Waals surface area contributed by atoms with Gasteiger partial charge in [-0.2, -0.15) is 0 Å².